The van der Waals surface area contributed by atoms with Gasteiger partial charge in [-0.05, 0) is 28.8 Å². The van der Waals surface area contributed by atoms with Crippen LogP contribution < -0.4 is 21.4 Å². The lowest BCUT2D eigenvalue weighted by Crippen LogP contribution is -3.00. The highest BCUT2D eigenvalue weighted by Gasteiger charge is 2.36. The van der Waals surface area contributed by atoms with Crippen LogP contribution in [0.4, 0.5) is 0 Å². The molecule has 0 amide bonds. The van der Waals surface area contributed by atoms with Gasteiger partial charge < -0.3 is 17.0 Å². The van der Waals surface area contributed by atoms with Gasteiger partial charge in [-0.25, -0.2) is 0 Å². The number of hydrogen-bond donors (Lipinski definition) is 0. The molecule has 0 N–H and O–H groups in total. The fourth-order valence-electron chi connectivity index (χ4n) is 4.61. The maximum Gasteiger partial charge on any atom is 0.268 e. The van der Waals surface area contributed by atoms with Crippen LogP contribution in [0, 0.1) is 13.8 Å². The predicted octanol–water partition coefficient (Wildman–Crippen LogP) is 3.14. The molecule has 0 unspecified atom stereocenters. The smallest absolute Gasteiger partial charge is 0.268 e. The Labute approximate surface area is 189 Å². The lowest BCUT2D eigenvalue weighted by atomic mass is 9.97. The zero-order valence-corrected chi connectivity index (χ0v) is 19.0. The molecule has 4 heteroatoms. The molecular weight excluding hydrogens is 454 g/mol. The SMILES string of the molecule is Cc1sc2cc3c(c(C(=O)c4ccccc4)[n+]2c1C)-c1cccc2cccc-3c12.[Br-]. The lowest BCUT2D eigenvalue weighted by Gasteiger charge is -2.07. The molecule has 0 saturated heterocycles. The van der Waals surface area contributed by atoms with Gasteiger partial charge in [-0.1, -0.05) is 78.1 Å². The van der Waals surface area contributed by atoms with Crippen LogP contribution in [0.5, 0.6) is 0 Å². The van der Waals surface area contributed by atoms with Crippen molar-refractivity contribution in [1.82, 2.24) is 0 Å². The Morgan fingerprint density at radius 1 is 0.833 bits per heavy atom. The highest BCUT2D eigenvalue weighted by atomic mass is 79.9. The van der Waals surface area contributed by atoms with Gasteiger partial charge in [0, 0.05) is 24.1 Å². The summed E-state index contributed by atoms with van der Waals surface area (Å²) in [4.78, 5) is 16.2. The molecule has 5 aromatic rings. The quantitative estimate of drug-likeness (QED) is 0.280. The molecule has 6 rings (SSSR count). The molecule has 0 aliphatic heterocycles. The molecule has 2 heterocycles. The third-order valence-corrected chi connectivity index (χ3v) is 7.15. The standard InChI is InChI=1S/C26H18NOS.BrH/c1-15-16(2)29-22-14-21-19-12-6-10-17-11-7-13-20(23(17)19)24(21)25(27(15)22)26(28)18-8-4-3-5-9-18;/h3-14H,1-2H3;1H/q+1;/p-1. The van der Waals surface area contributed by atoms with E-state index in [0.717, 1.165) is 38.5 Å². The zero-order valence-electron chi connectivity index (χ0n) is 16.6. The van der Waals surface area contributed by atoms with Crippen molar-refractivity contribution >= 4 is 32.7 Å². The van der Waals surface area contributed by atoms with E-state index < -0.39 is 0 Å². The molecule has 0 spiro atoms. The minimum atomic E-state index is 0. The minimum absolute atomic E-state index is 0. The Kier molecular flexibility index (Phi) is 4.38. The van der Waals surface area contributed by atoms with Crippen LogP contribution in [0.3, 0.4) is 0 Å². The van der Waals surface area contributed by atoms with Gasteiger partial charge in [0.1, 0.15) is 0 Å². The van der Waals surface area contributed by atoms with Gasteiger partial charge in [0.15, 0.2) is 5.69 Å². The Balaban J connectivity index is 0.00000193. The third-order valence-electron chi connectivity index (χ3n) is 6.04. The Morgan fingerprint density at radius 2 is 1.53 bits per heavy atom. The van der Waals surface area contributed by atoms with E-state index >= 15 is 0 Å². The fraction of sp³-hybridized carbons (Fsp3) is 0.0769. The minimum Gasteiger partial charge on any atom is -1.00 e. The van der Waals surface area contributed by atoms with E-state index in [0.29, 0.717) is 0 Å². The van der Waals surface area contributed by atoms with Gasteiger partial charge in [0.25, 0.3) is 16.3 Å². The first-order chi connectivity index (χ1) is 14.1. The number of fused-ring (bicyclic) bond motifs is 4. The topological polar surface area (TPSA) is 21.2 Å². The number of ketones is 1. The van der Waals surface area contributed by atoms with Crippen molar-refractivity contribution in [2.24, 2.45) is 0 Å². The number of nitrogens with zero attached hydrogens (tertiary/aromatic N) is 1. The van der Waals surface area contributed by atoms with Crippen molar-refractivity contribution in [3.8, 4) is 22.3 Å². The van der Waals surface area contributed by atoms with Gasteiger partial charge in [-0.3, -0.25) is 4.79 Å². The summed E-state index contributed by atoms with van der Waals surface area (Å²) in [5, 5.41) is 2.47. The third kappa shape index (κ3) is 2.47. The Bertz CT molecular complexity index is 1480. The molecule has 146 valence electrons. The van der Waals surface area contributed by atoms with E-state index in [2.05, 4.69) is 60.7 Å². The van der Waals surface area contributed by atoms with Crippen LogP contribution in [0.1, 0.15) is 26.6 Å². The second-order valence-corrected chi connectivity index (χ2v) is 8.84. The van der Waals surface area contributed by atoms with Crippen molar-refractivity contribution in [3.63, 3.8) is 0 Å². The lowest BCUT2D eigenvalue weighted by molar-refractivity contribution is -0.517. The fourth-order valence-corrected chi connectivity index (χ4v) is 5.66. The molecule has 2 aromatic heterocycles. The first-order valence-electron chi connectivity index (χ1n) is 9.76. The van der Waals surface area contributed by atoms with Gasteiger partial charge in [0.05, 0.1) is 10.4 Å². The van der Waals surface area contributed by atoms with Crippen LogP contribution in [-0.4, -0.2) is 5.78 Å². The number of hydrogen-bond acceptors (Lipinski definition) is 2. The van der Waals surface area contributed by atoms with Crippen LogP contribution in [0.25, 0.3) is 37.9 Å². The van der Waals surface area contributed by atoms with E-state index in [1.165, 1.54) is 21.2 Å². The highest BCUT2D eigenvalue weighted by molar-refractivity contribution is 7.16. The molecule has 1 aliphatic carbocycles. The van der Waals surface area contributed by atoms with Gasteiger partial charge in [0.2, 0.25) is 0 Å². The van der Waals surface area contributed by atoms with Gasteiger partial charge in [-0.15, -0.1) is 4.40 Å². The van der Waals surface area contributed by atoms with Gasteiger partial charge in [-0.2, -0.15) is 0 Å². The molecule has 3 aromatic carbocycles. The summed E-state index contributed by atoms with van der Waals surface area (Å²) in [6.45, 7) is 4.24. The monoisotopic (exact) mass is 471 g/mol. The summed E-state index contributed by atoms with van der Waals surface area (Å²) in [6.07, 6.45) is 0. The number of halogens is 1. The maximum absolute atomic E-state index is 13.8. The van der Waals surface area contributed by atoms with Crippen LogP contribution in [0.15, 0.2) is 72.8 Å². The summed E-state index contributed by atoms with van der Waals surface area (Å²) in [6, 6.07) is 24.7. The number of thiazole rings is 1. The number of benzene rings is 3. The molecule has 1 aliphatic rings. The Hall–Kier alpha value is -2.82. The summed E-state index contributed by atoms with van der Waals surface area (Å²) < 4.78 is 2.17. The number of carbonyl (C=O) groups excluding carboxylic acids is 1. The van der Waals surface area contributed by atoms with E-state index in [1.54, 1.807) is 11.3 Å². The normalized spacial score (nSPS) is 11.5. The molecule has 2 nitrogen and oxygen atoms in total. The molecular formula is C26H18BrNOS. The van der Waals surface area contributed by atoms with Crippen molar-refractivity contribution in [3.05, 3.63) is 94.6 Å². The van der Waals surface area contributed by atoms with Crippen LogP contribution >= 0.6 is 11.3 Å². The number of aromatic nitrogens is 1. The first kappa shape index (κ1) is 19.2. The van der Waals surface area contributed by atoms with Gasteiger partial charge >= 0.3 is 0 Å². The number of carbonyl (C=O) groups is 1. The second kappa shape index (κ2) is 6.86. The molecule has 0 radical (unpaired) electrons. The largest absolute Gasteiger partial charge is 1.00 e. The van der Waals surface area contributed by atoms with E-state index in [-0.39, 0.29) is 22.8 Å². The predicted molar refractivity (Wildman–Crippen MR) is 119 cm³/mol. The van der Waals surface area contributed by atoms with E-state index in [1.807, 2.05) is 30.3 Å². The molecule has 0 saturated carbocycles. The van der Waals surface area contributed by atoms with Crippen molar-refractivity contribution < 1.29 is 26.2 Å². The Morgan fingerprint density at radius 3 is 2.27 bits per heavy atom. The average Bonchev–Trinajstić information content (AvgIpc) is 3.23. The van der Waals surface area contributed by atoms with Crippen LogP contribution in [0.2, 0.25) is 0 Å². The summed E-state index contributed by atoms with van der Waals surface area (Å²) in [5.74, 6) is 0.0724. The molecule has 0 atom stereocenters. The maximum atomic E-state index is 13.8. The first-order valence-corrected chi connectivity index (χ1v) is 10.6. The van der Waals surface area contributed by atoms with Crippen molar-refractivity contribution in [2.45, 2.75) is 13.8 Å². The molecule has 30 heavy (non-hydrogen) atoms. The summed E-state index contributed by atoms with van der Waals surface area (Å²) >= 11 is 1.75. The summed E-state index contributed by atoms with van der Waals surface area (Å²) in [7, 11) is 0. The number of pyridine rings is 1. The summed E-state index contributed by atoms with van der Waals surface area (Å²) in [5.41, 5.74) is 7.23. The van der Waals surface area contributed by atoms with E-state index in [4.69, 9.17) is 0 Å². The zero-order chi connectivity index (χ0) is 19.7. The van der Waals surface area contributed by atoms with Crippen LogP contribution in [-0.2, 0) is 0 Å². The van der Waals surface area contributed by atoms with E-state index in [9.17, 15) is 4.79 Å². The van der Waals surface area contributed by atoms with Crippen molar-refractivity contribution in [1.29, 1.82) is 0 Å². The number of rotatable bonds is 2. The molecule has 0 fully saturated rings. The number of aryl methyl sites for hydroxylation is 2. The van der Waals surface area contributed by atoms with Crippen molar-refractivity contribution in [2.75, 3.05) is 0 Å². The molecule has 0 bridgehead atoms. The average molecular weight is 472 g/mol. The highest BCUT2D eigenvalue weighted by Crippen LogP contribution is 2.49. The second-order valence-electron chi connectivity index (χ2n) is 7.60.